The second-order valence-electron chi connectivity index (χ2n) is 4.94. The molecule has 114 valence electrons. The van der Waals surface area contributed by atoms with Gasteiger partial charge in [0.05, 0.1) is 0 Å². The molecule has 0 aliphatic carbocycles. The molecule has 0 saturated heterocycles. The summed E-state index contributed by atoms with van der Waals surface area (Å²) >= 11 is 1.62. The van der Waals surface area contributed by atoms with Crippen LogP contribution in [-0.2, 0) is 20.1 Å². The minimum atomic E-state index is -0.390. The summed E-state index contributed by atoms with van der Waals surface area (Å²) in [6.45, 7) is 4.99. The Hall–Kier alpha value is -2.02. The van der Waals surface area contributed by atoms with Gasteiger partial charge in [-0.25, -0.2) is 4.79 Å². The predicted molar refractivity (Wildman–Crippen MR) is 87.0 cm³/mol. The van der Waals surface area contributed by atoms with E-state index in [1.54, 1.807) is 11.3 Å². The maximum absolute atomic E-state index is 12.2. The van der Waals surface area contributed by atoms with Crippen molar-refractivity contribution in [3.05, 3.63) is 42.7 Å². The zero-order valence-corrected chi connectivity index (χ0v) is 13.3. The van der Waals surface area contributed by atoms with Crippen LogP contribution < -0.4 is 22.3 Å². The third kappa shape index (κ3) is 2.87. The van der Waals surface area contributed by atoms with Gasteiger partial charge in [-0.2, -0.15) is 0 Å². The summed E-state index contributed by atoms with van der Waals surface area (Å²) in [6.07, 6.45) is 0.770. The molecule has 0 atom stereocenters. The molecule has 0 unspecified atom stereocenters. The lowest BCUT2D eigenvalue weighted by molar-refractivity contribution is 0.600. The van der Waals surface area contributed by atoms with E-state index in [0.717, 1.165) is 15.9 Å². The summed E-state index contributed by atoms with van der Waals surface area (Å²) in [4.78, 5) is 25.4. The number of hydrogen-bond acceptors (Lipinski definition) is 5. The molecule has 2 rings (SSSR count). The molecule has 0 radical (unpaired) electrons. The molecule has 3 N–H and O–H groups in total. The fourth-order valence-corrected chi connectivity index (χ4v) is 2.99. The number of aryl methyl sites for hydroxylation is 1. The topological polar surface area (TPSA) is 82.0 Å². The number of aromatic nitrogens is 2. The summed E-state index contributed by atoms with van der Waals surface area (Å²) in [7, 11) is 1.47. The second-order valence-corrected chi connectivity index (χ2v) is 5.94. The quantitative estimate of drug-likeness (QED) is 0.877. The molecule has 2 aromatic rings. The highest BCUT2D eigenvalue weighted by Crippen LogP contribution is 2.18. The van der Waals surface area contributed by atoms with E-state index in [4.69, 9.17) is 5.73 Å². The fourth-order valence-electron chi connectivity index (χ4n) is 2.14. The van der Waals surface area contributed by atoms with Crippen molar-refractivity contribution in [2.45, 2.75) is 33.4 Å². The molecule has 21 heavy (non-hydrogen) atoms. The normalized spacial score (nSPS) is 10.8. The number of nitrogens with one attached hydrogen (secondary N) is 1. The Kier molecular flexibility index (Phi) is 4.52. The third-order valence-corrected chi connectivity index (χ3v) is 4.45. The maximum atomic E-state index is 12.2. The third-order valence-electron chi connectivity index (χ3n) is 3.42. The number of nitrogens with two attached hydrogens (primary N) is 1. The minimum absolute atomic E-state index is 0.208. The van der Waals surface area contributed by atoms with E-state index in [1.807, 2.05) is 25.3 Å². The van der Waals surface area contributed by atoms with E-state index in [-0.39, 0.29) is 17.1 Å². The van der Waals surface area contributed by atoms with Gasteiger partial charge in [0.2, 0.25) is 0 Å². The Morgan fingerprint density at radius 2 is 2.10 bits per heavy atom. The summed E-state index contributed by atoms with van der Waals surface area (Å²) in [6, 6.07) is 2.03. The summed E-state index contributed by atoms with van der Waals surface area (Å²) in [5.74, 6) is 0.208. The molecule has 0 fully saturated rings. The molecule has 0 aliphatic heterocycles. The first kappa shape index (κ1) is 15.4. The molecule has 0 aromatic carbocycles. The van der Waals surface area contributed by atoms with Gasteiger partial charge in [0.25, 0.3) is 5.56 Å². The fraction of sp³-hybridized carbons (Fsp3) is 0.429. The van der Waals surface area contributed by atoms with Crippen molar-refractivity contribution in [3.8, 4) is 0 Å². The SMILES string of the molecule is CCCn1c(N)c(NCc2sccc2C)c(=O)n(C)c1=O. The van der Waals surface area contributed by atoms with E-state index in [0.29, 0.717) is 18.8 Å². The van der Waals surface area contributed by atoms with E-state index in [9.17, 15) is 9.59 Å². The smallest absolute Gasteiger partial charge is 0.332 e. The Bertz CT molecular complexity index is 757. The molecule has 7 heteroatoms. The van der Waals surface area contributed by atoms with Gasteiger partial charge in [-0.15, -0.1) is 11.3 Å². The van der Waals surface area contributed by atoms with Crippen LogP contribution in [0.5, 0.6) is 0 Å². The highest BCUT2D eigenvalue weighted by Gasteiger charge is 2.15. The Balaban J connectivity index is 2.41. The minimum Gasteiger partial charge on any atom is -0.383 e. The molecular weight excluding hydrogens is 288 g/mol. The van der Waals surface area contributed by atoms with Crippen molar-refractivity contribution < 1.29 is 0 Å². The van der Waals surface area contributed by atoms with Crippen molar-refractivity contribution in [2.75, 3.05) is 11.1 Å². The summed E-state index contributed by atoms with van der Waals surface area (Å²) in [5, 5.41) is 5.09. The summed E-state index contributed by atoms with van der Waals surface area (Å²) in [5.41, 5.74) is 6.70. The van der Waals surface area contributed by atoms with E-state index in [2.05, 4.69) is 5.32 Å². The highest BCUT2D eigenvalue weighted by molar-refractivity contribution is 7.10. The largest absolute Gasteiger partial charge is 0.383 e. The van der Waals surface area contributed by atoms with E-state index in [1.165, 1.54) is 17.2 Å². The van der Waals surface area contributed by atoms with Gasteiger partial charge >= 0.3 is 5.69 Å². The van der Waals surface area contributed by atoms with Gasteiger partial charge in [-0.3, -0.25) is 13.9 Å². The zero-order chi connectivity index (χ0) is 15.6. The van der Waals surface area contributed by atoms with Gasteiger partial charge in [-0.1, -0.05) is 6.92 Å². The van der Waals surface area contributed by atoms with Gasteiger partial charge in [0, 0.05) is 25.0 Å². The molecule has 6 nitrogen and oxygen atoms in total. The average molecular weight is 308 g/mol. The lowest BCUT2D eigenvalue weighted by Crippen LogP contribution is -2.40. The molecule has 0 spiro atoms. The van der Waals surface area contributed by atoms with Gasteiger partial charge in [-0.05, 0) is 30.4 Å². The Morgan fingerprint density at radius 1 is 1.38 bits per heavy atom. The number of thiophene rings is 1. The first-order chi connectivity index (χ1) is 9.97. The van der Waals surface area contributed by atoms with Crippen LogP contribution in [0, 0.1) is 6.92 Å². The average Bonchev–Trinajstić information content (AvgIpc) is 2.87. The van der Waals surface area contributed by atoms with Gasteiger partial charge in [0.15, 0.2) is 0 Å². The second kappa shape index (κ2) is 6.17. The molecule has 0 bridgehead atoms. The molecule has 2 aromatic heterocycles. The first-order valence-electron chi connectivity index (χ1n) is 6.83. The lowest BCUT2D eigenvalue weighted by Gasteiger charge is -2.15. The van der Waals surface area contributed by atoms with Crippen molar-refractivity contribution in [2.24, 2.45) is 7.05 Å². The van der Waals surface area contributed by atoms with E-state index >= 15 is 0 Å². The van der Waals surface area contributed by atoms with Crippen LogP contribution in [0.4, 0.5) is 11.5 Å². The number of hydrogen-bond donors (Lipinski definition) is 2. The van der Waals surface area contributed by atoms with Crippen molar-refractivity contribution >= 4 is 22.8 Å². The van der Waals surface area contributed by atoms with Crippen LogP contribution in [0.3, 0.4) is 0 Å². The zero-order valence-electron chi connectivity index (χ0n) is 12.5. The highest BCUT2D eigenvalue weighted by atomic mass is 32.1. The number of rotatable bonds is 5. The van der Waals surface area contributed by atoms with Gasteiger partial charge < -0.3 is 11.1 Å². The summed E-state index contributed by atoms with van der Waals surface area (Å²) < 4.78 is 2.53. The van der Waals surface area contributed by atoms with Crippen LogP contribution in [-0.4, -0.2) is 9.13 Å². The number of nitrogens with zero attached hydrogens (tertiary/aromatic N) is 2. The van der Waals surface area contributed by atoms with Crippen molar-refractivity contribution in [3.63, 3.8) is 0 Å². The van der Waals surface area contributed by atoms with Crippen molar-refractivity contribution in [1.82, 2.24) is 9.13 Å². The van der Waals surface area contributed by atoms with Gasteiger partial charge in [0.1, 0.15) is 11.5 Å². The number of anilines is 2. The predicted octanol–water partition coefficient (Wildman–Crippen LogP) is 1.52. The van der Waals surface area contributed by atoms with Crippen LogP contribution in [0.2, 0.25) is 0 Å². The van der Waals surface area contributed by atoms with Crippen molar-refractivity contribution in [1.29, 1.82) is 0 Å². The standard InChI is InChI=1S/C14H20N4O2S/c1-4-6-18-12(15)11(13(19)17(3)14(18)20)16-8-10-9(2)5-7-21-10/h5,7,16H,4,6,8,15H2,1-3H3. The van der Waals surface area contributed by atoms with E-state index < -0.39 is 0 Å². The molecule has 2 heterocycles. The van der Waals surface area contributed by atoms with Crippen LogP contribution >= 0.6 is 11.3 Å². The molecular formula is C14H20N4O2S. The molecule has 0 saturated carbocycles. The van der Waals surface area contributed by atoms with Crippen LogP contribution in [0.15, 0.2) is 21.0 Å². The number of nitrogen functional groups attached to an aromatic ring is 1. The lowest BCUT2D eigenvalue weighted by atomic mass is 10.3. The maximum Gasteiger partial charge on any atom is 0.332 e. The Labute approximate surface area is 126 Å². The van der Waals surface area contributed by atoms with Crippen LogP contribution in [0.25, 0.3) is 0 Å². The van der Waals surface area contributed by atoms with Crippen LogP contribution in [0.1, 0.15) is 23.8 Å². The first-order valence-corrected chi connectivity index (χ1v) is 7.71. The Morgan fingerprint density at radius 3 is 2.67 bits per heavy atom. The molecule has 0 amide bonds. The monoisotopic (exact) mass is 308 g/mol. The molecule has 0 aliphatic rings.